The van der Waals surface area contributed by atoms with Crippen molar-refractivity contribution in [1.29, 1.82) is 0 Å². The number of esters is 1. The smallest absolute Gasteiger partial charge is 0.310 e. The molecule has 0 aromatic carbocycles. The van der Waals surface area contributed by atoms with Gasteiger partial charge in [0, 0.05) is 17.8 Å². The van der Waals surface area contributed by atoms with Crippen molar-refractivity contribution >= 4 is 11.9 Å². The molecule has 10 atom stereocenters. The van der Waals surface area contributed by atoms with E-state index in [2.05, 4.69) is 61.5 Å². The highest BCUT2D eigenvalue weighted by Gasteiger charge is 2.71. The number of carbonyl (C=O) groups is 2. The summed E-state index contributed by atoms with van der Waals surface area (Å²) < 4.78 is 6.17. The van der Waals surface area contributed by atoms with E-state index in [1.54, 1.807) is 0 Å². The zero-order chi connectivity index (χ0) is 29.7. The van der Waals surface area contributed by atoms with E-state index < -0.39 is 17.0 Å². The highest BCUT2D eigenvalue weighted by atomic mass is 16.5. The fourth-order valence-electron chi connectivity index (χ4n) is 11.6. The van der Waals surface area contributed by atoms with E-state index in [-0.39, 0.29) is 45.6 Å². The predicted molar refractivity (Wildman–Crippen MR) is 157 cm³/mol. The van der Waals surface area contributed by atoms with E-state index in [0.29, 0.717) is 37.0 Å². The third kappa shape index (κ3) is 3.87. The average molecular weight is 557 g/mol. The molecule has 4 saturated carbocycles. The summed E-state index contributed by atoms with van der Waals surface area (Å²) in [7, 11) is 0. The molecule has 5 rings (SSSR count). The number of carboxylic acids is 1. The first-order valence-electron chi connectivity index (χ1n) is 16.2. The maximum Gasteiger partial charge on any atom is 0.310 e. The van der Waals surface area contributed by atoms with Gasteiger partial charge in [0.25, 0.3) is 0 Å². The van der Waals surface area contributed by atoms with Gasteiger partial charge in [0.1, 0.15) is 6.10 Å². The molecule has 4 fully saturated rings. The Bertz CT molecular complexity index is 1090. The summed E-state index contributed by atoms with van der Waals surface area (Å²) in [6.07, 6.45) is 10.9. The predicted octanol–water partition coefficient (Wildman–Crippen LogP) is 7.80. The van der Waals surface area contributed by atoms with Crippen LogP contribution >= 0.6 is 0 Å². The van der Waals surface area contributed by atoms with Crippen molar-refractivity contribution in [2.75, 3.05) is 0 Å². The normalized spacial score (nSPS) is 49.6. The fraction of sp³-hybridized carbons (Fsp3) is 0.886. The number of hydrogen-bond donors (Lipinski definition) is 2. The van der Waals surface area contributed by atoms with Gasteiger partial charge in [0.05, 0.1) is 11.0 Å². The minimum absolute atomic E-state index is 0.0288. The molecule has 0 aromatic rings. The Morgan fingerprint density at radius 1 is 0.950 bits per heavy atom. The standard InChI is InChI=1S/C35H56O5/c1-21(2)20-27(36)40-26-14-15-31(6)24(30(26,4)5)13-16-33(8)25(31)11-10-23-28-34(9,39)22(3)12-17-35(28,29(37)38)19-18-32(23,33)7/h10,21-22,24-26,28,39H,11-20H2,1-9H3,(H,37,38)/t22-,24+,25-,26+,28+,31+,32-,33-,34-,35+/m1/s1. The summed E-state index contributed by atoms with van der Waals surface area (Å²) in [6, 6.07) is 0. The summed E-state index contributed by atoms with van der Waals surface area (Å²) in [5, 5.41) is 22.6. The first kappa shape index (κ1) is 30.1. The van der Waals surface area contributed by atoms with Gasteiger partial charge >= 0.3 is 11.9 Å². The minimum Gasteiger partial charge on any atom is -0.481 e. The molecule has 5 aliphatic rings. The number of rotatable bonds is 4. The molecule has 0 heterocycles. The Kier molecular flexibility index (Phi) is 7.01. The zero-order valence-corrected chi connectivity index (χ0v) is 26.7. The van der Waals surface area contributed by atoms with Crippen LogP contribution in [0.3, 0.4) is 0 Å². The van der Waals surface area contributed by atoms with Gasteiger partial charge < -0.3 is 14.9 Å². The van der Waals surface area contributed by atoms with Crippen LogP contribution in [-0.4, -0.2) is 33.9 Å². The van der Waals surface area contributed by atoms with Crippen LogP contribution in [0.2, 0.25) is 0 Å². The van der Waals surface area contributed by atoms with Gasteiger partial charge in [-0.3, -0.25) is 9.59 Å². The van der Waals surface area contributed by atoms with Crippen molar-refractivity contribution in [3.8, 4) is 0 Å². The summed E-state index contributed by atoms with van der Waals surface area (Å²) in [4.78, 5) is 25.6. The Morgan fingerprint density at radius 3 is 2.25 bits per heavy atom. The van der Waals surface area contributed by atoms with Gasteiger partial charge in [0.15, 0.2) is 0 Å². The van der Waals surface area contributed by atoms with Gasteiger partial charge in [-0.2, -0.15) is 0 Å². The first-order valence-corrected chi connectivity index (χ1v) is 16.2. The van der Waals surface area contributed by atoms with Gasteiger partial charge in [-0.1, -0.05) is 67.0 Å². The second-order valence-corrected chi connectivity index (χ2v) is 16.8. The first-order chi connectivity index (χ1) is 18.4. The van der Waals surface area contributed by atoms with Crippen LogP contribution in [0.15, 0.2) is 11.6 Å². The van der Waals surface area contributed by atoms with Gasteiger partial charge in [-0.15, -0.1) is 0 Å². The van der Waals surface area contributed by atoms with Crippen molar-refractivity contribution in [2.45, 2.75) is 138 Å². The van der Waals surface area contributed by atoms with Crippen LogP contribution in [0.25, 0.3) is 0 Å². The SMILES string of the molecule is CC(C)CC(=O)O[C@H]1CC[C@]2(C)[C@H]3CC=C4[C@@H]5[C@](C(=O)O)(CC[C@@H](C)[C@@]5(C)O)CC[C@@]4(C)[C@]3(C)CC[C@H]2C1(C)C. The molecule has 0 amide bonds. The highest BCUT2D eigenvalue weighted by molar-refractivity contribution is 5.77. The number of fused-ring (bicyclic) bond motifs is 7. The molecule has 0 spiro atoms. The van der Waals surface area contributed by atoms with Crippen molar-refractivity contribution in [3.05, 3.63) is 11.6 Å². The number of ether oxygens (including phenoxy) is 1. The topological polar surface area (TPSA) is 83.8 Å². The monoisotopic (exact) mass is 556 g/mol. The largest absolute Gasteiger partial charge is 0.481 e. The van der Waals surface area contributed by atoms with E-state index in [0.717, 1.165) is 44.9 Å². The van der Waals surface area contributed by atoms with Crippen LogP contribution in [0, 0.1) is 56.7 Å². The molecule has 0 unspecified atom stereocenters. The molecule has 0 radical (unpaired) electrons. The maximum atomic E-state index is 12.9. The Balaban J connectivity index is 1.52. The molecule has 40 heavy (non-hydrogen) atoms. The lowest BCUT2D eigenvalue weighted by molar-refractivity contribution is -0.222. The number of hydrogen-bond acceptors (Lipinski definition) is 4. The Morgan fingerprint density at radius 2 is 1.62 bits per heavy atom. The van der Waals surface area contributed by atoms with Crippen LogP contribution < -0.4 is 0 Å². The Hall–Kier alpha value is -1.36. The molecular formula is C35H56O5. The van der Waals surface area contributed by atoms with E-state index in [1.165, 1.54) is 5.57 Å². The Labute approximate surface area is 242 Å². The van der Waals surface area contributed by atoms with E-state index in [9.17, 15) is 19.8 Å². The fourth-order valence-corrected chi connectivity index (χ4v) is 11.6. The average Bonchev–Trinajstić information content (AvgIpc) is 2.83. The summed E-state index contributed by atoms with van der Waals surface area (Å²) >= 11 is 0. The van der Waals surface area contributed by atoms with Crippen molar-refractivity contribution in [3.63, 3.8) is 0 Å². The van der Waals surface area contributed by atoms with Crippen molar-refractivity contribution in [2.24, 2.45) is 56.7 Å². The van der Waals surface area contributed by atoms with Crippen molar-refractivity contribution < 1.29 is 24.5 Å². The minimum atomic E-state index is -1.03. The third-order valence-corrected chi connectivity index (χ3v) is 14.3. The molecule has 0 aromatic heterocycles. The molecule has 5 nitrogen and oxygen atoms in total. The molecular weight excluding hydrogens is 500 g/mol. The summed E-state index contributed by atoms with van der Waals surface area (Å²) in [5.41, 5.74) is -0.750. The number of aliphatic hydroxyl groups is 1. The van der Waals surface area contributed by atoms with Crippen LogP contribution in [0.4, 0.5) is 0 Å². The number of aliphatic carboxylic acids is 1. The van der Waals surface area contributed by atoms with Crippen LogP contribution in [-0.2, 0) is 14.3 Å². The van der Waals surface area contributed by atoms with Crippen molar-refractivity contribution in [1.82, 2.24) is 0 Å². The second kappa shape index (κ2) is 9.32. The second-order valence-electron chi connectivity index (χ2n) is 16.8. The molecule has 0 bridgehead atoms. The molecule has 5 aliphatic carbocycles. The lowest BCUT2D eigenvalue weighted by Gasteiger charge is -2.71. The molecule has 2 N–H and O–H groups in total. The van der Waals surface area contributed by atoms with Crippen LogP contribution in [0.1, 0.15) is 127 Å². The summed E-state index contributed by atoms with van der Waals surface area (Å²) in [6.45, 7) is 20.3. The number of carbonyl (C=O) groups excluding carboxylic acids is 1. The summed E-state index contributed by atoms with van der Waals surface area (Å²) in [5.74, 6) is 0.184. The molecule has 0 aliphatic heterocycles. The third-order valence-electron chi connectivity index (χ3n) is 14.3. The quantitative estimate of drug-likeness (QED) is 0.273. The number of carboxylic acid groups (broad SMARTS) is 1. The van der Waals surface area contributed by atoms with E-state index >= 15 is 0 Å². The van der Waals surface area contributed by atoms with Gasteiger partial charge in [-0.25, -0.2) is 0 Å². The van der Waals surface area contributed by atoms with E-state index in [4.69, 9.17) is 4.74 Å². The zero-order valence-electron chi connectivity index (χ0n) is 26.7. The highest BCUT2D eigenvalue weighted by Crippen LogP contribution is 2.76. The van der Waals surface area contributed by atoms with Crippen LogP contribution in [0.5, 0.6) is 0 Å². The molecule has 5 heteroatoms. The van der Waals surface area contributed by atoms with Gasteiger partial charge in [0.2, 0.25) is 0 Å². The van der Waals surface area contributed by atoms with E-state index in [1.807, 2.05) is 6.92 Å². The number of allylic oxidation sites excluding steroid dienone is 1. The lowest BCUT2D eigenvalue weighted by Crippen LogP contribution is -2.67. The molecule has 0 saturated heterocycles. The van der Waals surface area contributed by atoms with Gasteiger partial charge in [-0.05, 0) is 105 Å². The molecule has 226 valence electrons. The maximum absolute atomic E-state index is 12.9. The lowest BCUT2D eigenvalue weighted by atomic mass is 9.33.